The fourth-order valence-corrected chi connectivity index (χ4v) is 2.39. The van der Waals surface area contributed by atoms with E-state index in [9.17, 15) is 4.79 Å². The topological polar surface area (TPSA) is 80.0 Å². The smallest absolute Gasteiger partial charge is 0.257 e. The van der Waals surface area contributed by atoms with Crippen LogP contribution in [0.25, 0.3) is 0 Å². The zero-order valence-electron chi connectivity index (χ0n) is 9.41. The maximum absolute atomic E-state index is 11.6. The highest BCUT2D eigenvalue weighted by Crippen LogP contribution is 2.38. The number of nitrogens with one attached hydrogen (secondary N) is 2. The van der Waals surface area contributed by atoms with Gasteiger partial charge in [-0.1, -0.05) is 6.92 Å². The number of rotatable bonds is 4. The molecule has 5 nitrogen and oxygen atoms in total. The summed E-state index contributed by atoms with van der Waals surface area (Å²) in [7, 11) is 1.59. The minimum absolute atomic E-state index is 0.183. The van der Waals surface area contributed by atoms with E-state index in [2.05, 4.69) is 21.9 Å². The van der Waals surface area contributed by atoms with Gasteiger partial charge in [0.25, 0.3) is 5.91 Å². The van der Waals surface area contributed by atoms with Crippen molar-refractivity contribution < 1.29 is 4.79 Å². The van der Waals surface area contributed by atoms with E-state index < -0.39 is 0 Å². The van der Waals surface area contributed by atoms with Crippen molar-refractivity contribution in [3.8, 4) is 0 Å². The molecule has 2 unspecified atom stereocenters. The Bertz CT molecular complexity index is 404. The molecule has 1 aliphatic carbocycles. The number of hydrogen-bond donors (Lipinski definition) is 3. The van der Waals surface area contributed by atoms with Gasteiger partial charge >= 0.3 is 0 Å². The molecule has 2 rings (SSSR count). The van der Waals surface area contributed by atoms with Gasteiger partial charge in [-0.05, 0) is 29.8 Å². The molecule has 1 saturated carbocycles. The summed E-state index contributed by atoms with van der Waals surface area (Å²) in [5, 5.41) is 6.60. The van der Waals surface area contributed by atoms with Crippen molar-refractivity contribution in [1.82, 2.24) is 9.69 Å². The first kappa shape index (κ1) is 11.2. The lowest BCUT2D eigenvalue weighted by Crippen LogP contribution is -2.20. The summed E-state index contributed by atoms with van der Waals surface area (Å²) >= 11 is 1.24. The SMILES string of the molecule is CNC(=O)c1c(N)nsc1NCC1CC1C. The second-order valence-corrected chi connectivity index (χ2v) is 4.98. The zero-order chi connectivity index (χ0) is 11.7. The van der Waals surface area contributed by atoms with Crippen LogP contribution in [0.2, 0.25) is 0 Å². The van der Waals surface area contributed by atoms with Gasteiger partial charge in [0.2, 0.25) is 0 Å². The van der Waals surface area contributed by atoms with Crippen molar-refractivity contribution >= 4 is 28.3 Å². The van der Waals surface area contributed by atoms with E-state index in [4.69, 9.17) is 5.73 Å². The fourth-order valence-electron chi connectivity index (χ4n) is 1.67. The first-order valence-electron chi connectivity index (χ1n) is 5.34. The molecule has 88 valence electrons. The lowest BCUT2D eigenvalue weighted by atomic mass is 10.3. The Morgan fingerprint density at radius 1 is 1.69 bits per heavy atom. The van der Waals surface area contributed by atoms with Crippen LogP contribution >= 0.6 is 11.5 Å². The molecule has 0 spiro atoms. The molecule has 0 bridgehead atoms. The molecule has 1 aromatic rings. The predicted octanol–water partition coefficient (Wildman–Crippen LogP) is 1.15. The highest BCUT2D eigenvalue weighted by atomic mass is 32.1. The van der Waals surface area contributed by atoms with Crippen molar-refractivity contribution in [2.75, 3.05) is 24.6 Å². The van der Waals surface area contributed by atoms with Gasteiger partial charge in [-0.15, -0.1) is 0 Å². The fraction of sp³-hybridized carbons (Fsp3) is 0.600. The van der Waals surface area contributed by atoms with Crippen LogP contribution in [0, 0.1) is 11.8 Å². The molecular weight excluding hydrogens is 224 g/mol. The summed E-state index contributed by atoms with van der Waals surface area (Å²) in [6, 6.07) is 0. The maximum atomic E-state index is 11.6. The third-order valence-corrected chi connectivity index (χ3v) is 3.79. The molecule has 6 heteroatoms. The van der Waals surface area contributed by atoms with Gasteiger partial charge in [0.15, 0.2) is 5.82 Å². The number of anilines is 2. The van der Waals surface area contributed by atoms with Crippen LogP contribution in [0.3, 0.4) is 0 Å². The lowest BCUT2D eigenvalue weighted by Gasteiger charge is -2.05. The molecule has 1 aliphatic rings. The Morgan fingerprint density at radius 2 is 2.38 bits per heavy atom. The highest BCUT2D eigenvalue weighted by molar-refractivity contribution is 7.11. The second-order valence-electron chi connectivity index (χ2n) is 4.21. The summed E-state index contributed by atoms with van der Waals surface area (Å²) in [6.07, 6.45) is 1.26. The van der Waals surface area contributed by atoms with E-state index >= 15 is 0 Å². The van der Waals surface area contributed by atoms with Gasteiger partial charge in [0.1, 0.15) is 10.6 Å². The average Bonchev–Trinajstić information content (AvgIpc) is 2.84. The third-order valence-electron chi connectivity index (χ3n) is 2.97. The normalized spacial score (nSPS) is 22.9. The molecule has 16 heavy (non-hydrogen) atoms. The molecule has 0 saturated heterocycles. The van der Waals surface area contributed by atoms with E-state index in [1.165, 1.54) is 18.0 Å². The Balaban J connectivity index is 2.05. The van der Waals surface area contributed by atoms with E-state index in [1.807, 2.05) is 0 Å². The standard InChI is InChI=1S/C10H16N4OS/c1-5-3-6(5)4-13-10-7(9(15)12-2)8(11)14-16-10/h5-6,13H,3-4H2,1-2H3,(H2,11,14)(H,12,15). The first-order chi connectivity index (χ1) is 7.63. The van der Waals surface area contributed by atoms with Crippen LogP contribution in [0.15, 0.2) is 0 Å². The number of nitrogens with zero attached hydrogens (tertiary/aromatic N) is 1. The summed E-state index contributed by atoms with van der Waals surface area (Å²) in [6.45, 7) is 3.12. The van der Waals surface area contributed by atoms with Crippen LogP contribution in [0.1, 0.15) is 23.7 Å². The van der Waals surface area contributed by atoms with Crippen molar-refractivity contribution in [1.29, 1.82) is 0 Å². The number of carbonyl (C=O) groups excluding carboxylic acids is 1. The number of nitrogens with two attached hydrogens (primary N) is 1. The summed E-state index contributed by atoms with van der Waals surface area (Å²) in [4.78, 5) is 11.6. The lowest BCUT2D eigenvalue weighted by molar-refractivity contribution is 0.0965. The van der Waals surface area contributed by atoms with Crippen LogP contribution in [0.4, 0.5) is 10.8 Å². The molecule has 1 heterocycles. The zero-order valence-corrected chi connectivity index (χ0v) is 10.2. The number of aromatic nitrogens is 1. The molecule has 4 N–H and O–H groups in total. The molecular formula is C10H16N4OS. The van der Waals surface area contributed by atoms with Gasteiger partial charge < -0.3 is 16.4 Å². The minimum atomic E-state index is -0.183. The largest absolute Gasteiger partial charge is 0.382 e. The third kappa shape index (κ3) is 2.11. The van der Waals surface area contributed by atoms with Gasteiger partial charge in [-0.25, -0.2) is 0 Å². The van der Waals surface area contributed by atoms with Crippen molar-refractivity contribution in [2.45, 2.75) is 13.3 Å². The van der Waals surface area contributed by atoms with Gasteiger partial charge in [-0.2, -0.15) is 4.37 Å². The molecule has 2 atom stereocenters. The van der Waals surface area contributed by atoms with Crippen LogP contribution in [-0.2, 0) is 0 Å². The Hall–Kier alpha value is -1.30. The van der Waals surface area contributed by atoms with Gasteiger partial charge in [-0.3, -0.25) is 4.79 Å². The average molecular weight is 240 g/mol. The molecule has 1 fully saturated rings. The number of hydrogen-bond acceptors (Lipinski definition) is 5. The number of amides is 1. The second kappa shape index (κ2) is 4.29. The first-order valence-corrected chi connectivity index (χ1v) is 6.12. The Kier molecular flexibility index (Phi) is 3.00. The van der Waals surface area contributed by atoms with Crippen molar-refractivity contribution in [2.24, 2.45) is 11.8 Å². The predicted molar refractivity (Wildman–Crippen MR) is 65.7 cm³/mol. The summed E-state index contributed by atoms with van der Waals surface area (Å²) in [5.41, 5.74) is 6.14. The maximum Gasteiger partial charge on any atom is 0.257 e. The molecule has 0 aromatic carbocycles. The minimum Gasteiger partial charge on any atom is -0.382 e. The number of nitrogen functional groups attached to an aromatic ring is 1. The summed E-state index contributed by atoms with van der Waals surface area (Å²) < 4.78 is 4.00. The monoisotopic (exact) mass is 240 g/mol. The molecule has 1 aromatic heterocycles. The molecule has 0 aliphatic heterocycles. The van der Waals surface area contributed by atoms with Crippen LogP contribution in [-0.4, -0.2) is 23.9 Å². The molecule has 1 amide bonds. The van der Waals surface area contributed by atoms with Crippen molar-refractivity contribution in [3.63, 3.8) is 0 Å². The number of carbonyl (C=O) groups is 1. The van der Waals surface area contributed by atoms with E-state index in [0.29, 0.717) is 11.4 Å². The van der Waals surface area contributed by atoms with Crippen LogP contribution in [0.5, 0.6) is 0 Å². The van der Waals surface area contributed by atoms with E-state index in [0.717, 1.165) is 23.4 Å². The highest BCUT2D eigenvalue weighted by Gasteiger charge is 2.32. The quantitative estimate of drug-likeness (QED) is 0.737. The van der Waals surface area contributed by atoms with E-state index in [-0.39, 0.29) is 5.91 Å². The summed E-state index contributed by atoms with van der Waals surface area (Å²) in [5.74, 6) is 1.63. The van der Waals surface area contributed by atoms with Crippen LogP contribution < -0.4 is 16.4 Å². The van der Waals surface area contributed by atoms with Gasteiger partial charge in [0, 0.05) is 13.6 Å². The van der Waals surface area contributed by atoms with E-state index in [1.54, 1.807) is 7.05 Å². The Morgan fingerprint density at radius 3 is 2.94 bits per heavy atom. The van der Waals surface area contributed by atoms with Gasteiger partial charge in [0.05, 0.1) is 0 Å². The van der Waals surface area contributed by atoms with Crippen molar-refractivity contribution in [3.05, 3.63) is 5.56 Å². The Labute approximate surface area is 98.6 Å². The molecule has 0 radical (unpaired) electrons.